The SMILES string of the molecule is Nc1ncc(Cl)cc1C(N)CSc1ccccc1. The van der Waals surface area contributed by atoms with Crippen LogP contribution in [0, 0.1) is 0 Å². The molecular formula is C13H14ClN3S. The predicted octanol–water partition coefficient (Wildman–Crippen LogP) is 3.11. The molecule has 0 fully saturated rings. The highest BCUT2D eigenvalue weighted by atomic mass is 35.5. The van der Waals surface area contributed by atoms with Crippen molar-refractivity contribution in [1.29, 1.82) is 0 Å². The van der Waals surface area contributed by atoms with Crippen LogP contribution in [-0.2, 0) is 0 Å². The first-order chi connectivity index (χ1) is 8.66. The number of rotatable bonds is 4. The van der Waals surface area contributed by atoms with Crippen molar-refractivity contribution in [3.8, 4) is 0 Å². The van der Waals surface area contributed by atoms with Gasteiger partial charge in [-0.3, -0.25) is 0 Å². The molecule has 1 unspecified atom stereocenters. The minimum atomic E-state index is -0.179. The fourth-order valence-electron chi connectivity index (χ4n) is 1.55. The van der Waals surface area contributed by atoms with Crippen LogP contribution in [0.25, 0.3) is 0 Å². The third-order valence-corrected chi connectivity index (χ3v) is 3.83. The lowest BCUT2D eigenvalue weighted by molar-refractivity contribution is 0.828. The van der Waals surface area contributed by atoms with Gasteiger partial charge in [-0.1, -0.05) is 29.8 Å². The van der Waals surface area contributed by atoms with Crippen molar-refractivity contribution in [2.75, 3.05) is 11.5 Å². The number of aromatic nitrogens is 1. The van der Waals surface area contributed by atoms with Crippen molar-refractivity contribution in [3.05, 3.63) is 53.2 Å². The largest absolute Gasteiger partial charge is 0.383 e. The summed E-state index contributed by atoms with van der Waals surface area (Å²) < 4.78 is 0. The average Bonchev–Trinajstić information content (AvgIpc) is 2.40. The lowest BCUT2D eigenvalue weighted by Crippen LogP contribution is -2.15. The van der Waals surface area contributed by atoms with Gasteiger partial charge >= 0.3 is 0 Å². The highest BCUT2D eigenvalue weighted by Gasteiger charge is 2.11. The van der Waals surface area contributed by atoms with Gasteiger partial charge in [0.2, 0.25) is 0 Å². The predicted molar refractivity (Wildman–Crippen MR) is 77.8 cm³/mol. The second-order valence-corrected chi connectivity index (χ2v) is 5.39. The third-order valence-electron chi connectivity index (χ3n) is 2.49. The first-order valence-corrected chi connectivity index (χ1v) is 6.87. The smallest absolute Gasteiger partial charge is 0.128 e. The molecule has 0 spiro atoms. The summed E-state index contributed by atoms with van der Waals surface area (Å²) in [6.07, 6.45) is 1.53. The maximum atomic E-state index is 6.11. The van der Waals surface area contributed by atoms with E-state index in [1.165, 1.54) is 11.1 Å². The standard InChI is InChI=1S/C13H14ClN3S/c14-9-6-11(13(16)17-7-9)12(15)8-18-10-4-2-1-3-5-10/h1-7,12H,8,15H2,(H2,16,17). The quantitative estimate of drug-likeness (QED) is 0.844. The first kappa shape index (κ1) is 13.2. The Morgan fingerprint density at radius 2 is 2.00 bits per heavy atom. The molecule has 5 heteroatoms. The number of pyridine rings is 1. The van der Waals surface area contributed by atoms with Gasteiger partial charge in [0, 0.05) is 28.5 Å². The number of hydrogen-bond acceptors (Lipinski definition) is 4. The molecule has 1 aromatic carbocycles. The molecule has 2 aromatic rings. The fourth-order valence-corrected chi connectivity index (χ4v) is 2.62. The number of benzene rings is 1. The number of nitrogen functional groups attached to an aromatic ring is 1. The van der Waals surface area contributed by atoms with Crippen LogP contribution in [0.2, 0.25) is 5.02 Å². The van der Waals surface area contributed by atoms with Gasteiger partial charge in [0.1, 0.15) is 5.82 Å². The van der Waals surface area contributed by atoms with Gasteiger partial charge in [-0.05, 0) is 18.2 Å². The summed E-state index contributed by atoms with van der Waals surface area (Å²) in [4.78, 5) is 5.19. The van der Waals surface area contributed by atoms with E-state index in [0.29, 0.717) is 10.8 Å². The minimum Gasteiger partial charge on any atom is -0.383 e. The highest BCUT2D eigenvalue weighted by molar-refractivity contribution is 7.99. The van der Waals surface area contributed by atoms with E-state index in [1.54, 1.807) is 17.8 Å². The monoisotopic (exact) mass is 279 g/mol. The Kier molecular flexibility index (Phi) is 4.47. The van der Waals surface area contributed by atoms with Crippen molar-refractivity contribution in [1.82, 2.24) is 4.98 Å². The highest BCUT2D eigenvalue weighted by Crippen LogP contribution is 2.26. The van der Waals surface area contributed by atoms with Gasteiger partial charge in [-0.2, -0.15) is 0 Å². The molecule has 94 valence electrons. The molecule has 0 radical (unpaired) electrons. The van der Waals surface area contributed by atoms with E-state index >= 15 is 0 Å². The van der Waals surface area contributed by atoms with E-state index in [9.17, 15) is 0 Å². The van der Waals surface area contributed by atoms with Crippen LogP contribution in [0.1, 0.15) is 11.6 Å². The molecule has 1 atom stereocenters. The number of nitrogens with two attached hydrogens (primary N) is 2. The molecule has 18 heavy (non-hydrogen) atoms. The molecule has 0 amide bonds. The lowest BCUT2D eigenvalue weighted by atomic mass is 10.1. The topological polar surface area (TPSA) is 64.9 Å². The first-order valence-electron chi connectivity index (χ1n) is 5.51. The van der Waals surface area contributed by atoms with E-state index < -0.39 is 0 Å². The van der Waals surface area contributed by atoms with Crippen molar-refractivity contribution in [2.45, 2.75) is 10.9 Å². The zero-order chi connectivity index (χ0) is 13.0. The summed E-state index contributed by atoms with van der Waals surface area (Å²) in [6.45, 7) is 0. The van der Waals surface area contributed by atoms with E-state index in [2.05, 4.69) is 17.1 Å². The van der Waals surface area contributed by atoms with Crippen molar-refractivity contribution in [3.63, 3.8) is 0 Å². The van der Waals surface area contributed by atoms with Crippen LogP contribution in [-0.4, -0.2) is 10.7 Å². The van der Waals surface area contributed by atoms with E-state index in [0.717, 1.165) is 11.3 Å². The van der Waals surface area contributed by atoms with Crippen molar-refractivity contribution >= 4 is 29.2 Å². The number of thioether (sulfide) groups is 1. The van der Waals surface area contributed by atoms with Gasteiger partial charge in [0.25, 0.3) is 0 Å². The van der Waals surface area contributed by atoms with Gasteiger partial charge in [0.05, 0.1) is 5.02 Å². The Hall–Kier alpha value is -1.23. The number of nitrogens with zero attached hydrogens (tertiary/aromatic N) is 1. The Morgan fingerprint density at radius 1 is 1.28 bits per heavy atom. The van der Waals surface area contributed by atoms with E-state index in [1.807, 2.05) is 18.2 Å². The second kappa shape index (κ2) is 6.09. The molecule has 0 aliphatic rings. The van der Waals surface area contributed by atoms with Crippen molar-refractivity contribution < 1.29 is 0 Å². The molecule has 0 bridgehead atoms. The molecule has 0 aliphatic carbocycles. The normalized spacial score (nSPS) is 12.3. The molecule has 2 rings (SSSR count). The zero-order valence-electron chi connectivity index (χ0n) is 9.71. The summed E-state index contributed by atoms with van der Waals surface area (Å²) in [7, 11) is 0. The molecule has 1 aromatic heterocycles. The maximum Gasteiger partial charge on any atom is 0.128 e. The number of halogens is 1. The van der Waals surface area contributed by atoms with Gasteiger partial charge < -0.3 is 11.5 Å². The summed E-state index contributed by atoms with van der Waals surface area (Å²) in [5, 5.41) is 0.555. The molecule has 0 saturated heterocycles. The second-order valence-electron chi connectivity index (χ2n) is 3.86. The minimum absolute atomic E-state index is 0.179. The summed E-state index contributed by atoms with van der Waals surface area (Å²) in [5.41, 5.74) is 12.7. The molecule has 1 heterocycles. The Morgan fingerprint density at radius 3 is 2.72 bits per heavy atom. The van der Waals surface area contributed by atoms with E-state index in [-0.39, 0.29) is 6.04 Å². The van der Waals surface area contributed by atoms with Crippen LogP contribution in [0.4, 0.5) is 5.82 Å². The molecule has 0 saturated carbocycles. The lowest BCUT2D eigenvalue weighted by Gasteiger charge is -2.13. The Labute approximate surface area is 116 Å². The fraction of sp³-hybridized carbons (Fsp3) is 0.154. The van der Waals surface area contributed by atoms with Gasteiger partial charge in [-0.15, -0.1) is 11.8 Å². The van der Waals surface area contributed by atoms with Crippen LogP contribution in [0.3, 0.4) is 0 Å². The number of anilines is 1. The maximum absolute atomic E-state index is 6.11. The average molecular weight is 280 g/mol. The summed E-state index contributed by atoms with van der Waals surface area (Å²) in [6, 6.07) is 11.7. The third kappa shape index (κ3) is 3.38. The molecule has 0 aliphatic heterocycles. The van der Waals surface area contributed by atoms with Gasteiger partial charge in [0.15, 0.2) is 0 Å². The van der Waals surface area contributed by atoms with E-state index in [4.69, 9.17) is 23.1 Å². The zero-order valence-corrected chi connectivity index (χ0v) is 11.3. The van der Waals surface area contributed by atoms with Crippen LogP contribution >= 0.6 is 23.4 Å². The molecular weight excluding hydrogens is 266 g/mol. The van der Waals surface area contributed by atoms with Crippen LogP contribution in [0.5, 0.6) is 0 Å². The van der Waals surface area contributed by atoms with Crippen LogP contribution in [0.15, 0.2) is 47.5 Å². The summed E-state index contributed by atoms with van der Waals surface area (Å²) >= 11 is 7.58. The van der Waals surface area contributed by atoms with Crippen molar-refractivity contribution in [2.24, 2.45) is 5.73 Å². The van der Waals surface area contributed by atoms with Gasteiger partial charge in [-0.25, -0.2) is 4.98 Å². The Balaban J connectivity index is 2.03. The number of hydrogen-bond donors (Lipinski definition) is 2. The van der Waals surface area contributed by atoms with Crippen LogP contribution < -0.4 is 11.5 Å². The summed E-state index contributed by atoms with van der Waals surface area (Å²) in [5.74, 6) is 1.18. The molecule has 4 N–H and O–H groups in total. The molecule has 3 nitrogen and oxygen atoms in total. The Bertz CT molecular complexity index is 519.